The van der Waals surface area contributed by atoms with Crippen LogP contribution >= 0.6 is 34.8 Å². The largest absolute Gasteiger partial charge is 0.470 e. The maximum absolute atomic E-state index is 12.4. The minimum absolute atomic E-state index is 0.103. The second-order valence-electron chi connectivity index (χ2n) is 6.40. The summed E-state index contributed by atoms with van der Waals surface area (Å²) in [5.41, 5.74) is 1.02. The summed E-state index contributed by atoms with van der Waals surface area (Å²) in [5, 5.41) is 12.6. The van der Waals surface area contributed by atoms with Crippen LogP contribution in [0.4, 0.5) is 5.95 Å². The van der Waals surface area contributed by atoms with Gasteiger partial charge < -0.3 is 4.74 Å². The van der Waals surface area contributed by atoms with Gasteiger partial charge in [-0.15, -0.1) is 5.10 Å². The first-order chi connectivity index (χ1) is 15.0. The standard InChI is InChI=1S/C20H15Cl3N6O2/c21-14-6-5-13(16(23)9-14)10-29-11-24-20(27-29)25-19(30)17-7-8-28(26-17)12-31-18-4-2-1-3-15(18)22/h1-9,11H,10,12H2,(H,25,27,30). The number of carbonyl (C=O) groups excluding carboxylic acids is 1. The van der Waals surface area contributed by atoms with E-state index in [1.165, 1.54) is 11.0 Å². The summed E-state index contributed by atoms with van der Waals surface area (Å²) in [7, 11) is 0. The Morgan fingerprint density at radius 3 is 2.65 bits per heavy atom. The van der Waals surface area contributed by atoms with Gasteiger partial charge in [-0.2, -0.15) is 5.10 Å². The van der Waals surface area contributed by atoms with E-state index >= 15 is 0 Å². The Kier molecular flexibility index (Phi) is 6.41. The van der Waals surface area contributed by atoms with Gasteiger partial charge in [-0.1, -0.05) is 53.0 Å². The average Bonchev–Trinajstić information content (AvgIpc) is 3.39. The van der Waals surface area contributed by atoms with Gasteiger partial charge in [0.15, 0.2) is 12.4 Å². The molecule has 8 nitrogen and oxygen atoms in total. The highest BCUT2D eigenvalue weighted by atomic mass is 35.5. The molecule has 0 radical (unpaired) electrons. The lowest BCUT2D eigenvalue weighted by atomic mass is 10.2. The van der Waals surface area contributed by atoms with Crippen molar-refractivity contribution in [2.75, 3.05) is 5.32 Å². The monoisotopic (exact) mass is 476 g/mol. The number of rotatable bonds is 7. The number of benzene rings is 2. The number of carbonyl (C=O) groups is 1. The zero-order valence-electron chi connectivity index (χ0n) is 15.9. The van der Waals surface area contributed by atoms with Crippen molar-refractivity contribution in [3.05, 3.63) is 87.4 Å². The Morgan fingerprint density at radius 1 is 1.00 bits per heavy atom. The molecule has 4 aromatic rings. The number of halogens is 3. The predicted octanol–water partition coefficient (Wildman–Crippen LogP) is 4.77. The number of nitrogens with one attached hydrogen (secondary N) is 1. The fraction of sp³-hybridized carbons (Fsp3) is 0.100. The van der Waals surface area contributed by atoms with Gasteiger partial charge >= 0.3 is 0 Å². The molecule has 0 spiro atoms. The molecule has 0 aliphatic heterocycles. The maximum atomic E-state index is 12.4. The van der Waals surface area contributed by atoms with Gasteiger partial charge in [0.2, 0.25) is 5.95 Å². The van der Waals surface area contributed by atoms with Crippen LogP contribution in [0.5, 0.6) is 5.75 Å². The molecule has 0 unspecified atom stereocenters. The molecule has 0 atom stereocenters. The van der Waals surface area contributed by atoms with Crippen molar-refractivity contribution in [2.24, 2.45) is 0 Å². The van der Waals surface area contributed by atoms with Crippen LogP contribution in [0.3, 0.4) is 0 Å². The van der Waals surface area contributed by atoms with Gasteiger partial charge in [0, 0.05) is 16.2 Å². The smallest absolute Gasteiger partial charge is 0.278 e. The van der Waals surface area contributed by atoms with E-state index in [0.717, 1.165) is 5.56 Å². The molecule has 31 heavy (non-hydrogen) atoms. The summed E-state index contributed by atoms with van der Waals surface area (Å²) in [4.78, 5) is 16.5. The fourth-order valence-corrected chi connectivity index (χ4v) is 3.33. The summed E-state index contributed by atoms with van der Waals surface area (Å²) in [6, 6.07) is 13.9. The Morgan fingerprint density at radius 2 is 1.84 bits per heavy atom. The molecule has 0 fully saturated rings. The number of ether oxygens (including phenoxy) is 1. The van der Waals surface area contributed by atoms with Crippen LogP contribution < -0.4 is 10.1 Å². The number of aromatic nitrogens is 5. The van der Waals surface area contributed by atoms with Gasteiger partial charge in [0.05, 0.1) is 11.6 Å². The topological polar surface area (TPSA) is 86.9 Å². The molecule has 2 aromatic carbocycles. The zero-order valence-corrected chi connectivity index (χ0v) is 18.1. The molecule has 2 heterocycles. The molecule has 1 N–H and O–H groups in total. The van der Waals surface area contributed by atoms with Crippen LogP contribution in [0.1, 0.15) is 16.1 Å². The van der Waals surface area contributed by atoms with E-state index in [1.807, 2.05) is 18.2 Å². The second-order valence-corrected chi connectivity index (χ2v) is 7.65. The van der Waals surface area contributed by atoms with E-state index in [1.54, 1.807) is 41.2 Å². The van der Waals surface area contributed by atoms with E-state index in [4.69, 9.17) is 39.5 Å². The third kappa shape index (κ3) is 5.35. The number of nitrogens with zero attached hydrogens (tertiary/aromatic N) is 5. The summed E-state index contributed by atoms with van der Waals surface area (Å²) < 4.78 is 8.64. The first kappa shape index (κ1) is 21.2. The minimum Gasteiger partial charge on any atom is -0.470 e. The number of para-hydroxylation sites is 1. The summed E-state index contributed by atoms with van der Waals surface area (Å²) in [6.07, 6.45) is 3.12. The van der Waals surface area contributed by atoms with Crippen molar-refractivity contribution >= 4 is 46.7 Å². The van der Waals surface area contributed by atoms with Crippen molar-refractivity contribution in [3.8, 4) is 5.75 Å². The van der Waals surface area contributed by atoms with E-state index in [9.17, 15) is 4.79 Å². The van der Waals surface area contributed by atoms with Crippen molar-refractivity contribution in [3.63, 3.8) is 0 Å². The molecule has 0 saturated heterocycles. The third-order valence-corrected chi connectivity index (χ3v) is 5.07. The normalized spacial score (nSPS) is 10.8. The lowest BCUT2D eigenvalue weighted by molar-refractivity contribution is 0.101. The number of amides is 1. The van der Waals surface area contributed by atoms with Gasteiger partial charge in [0.25, 0.3) is 5.91 Å². The molecule has 4 rings (SSSR count). The molecule has 0 aliphatic carbocycles. The fourth-order valence-electron chi connectivity index (χ4n) is 2.67. The zero-order chi connectivity index (χ0) is 21.8. The van der Waals surface area contributed by atoms with Crippen molar-refractivity contribution in [2.45, 2.75) is 13.3 Å². The molecule has 0 bridgehead atoms. The summed E-state index contributed by atoms with van der Waals surface area (Å²) >= 11 is 18.2. The van der Waals surface area contributed by atoms with Crippen LogP contribution in [0, 0.1) is 0 Å². The highest BCUT2D eigenvalue weighted by Crippen LogP contribution is 2.23. The van der Waals surface area contributed by atoms with Crippen LogP contribution in [0.2, 0.25) is 15.1 Å². The summed E-state index contributed by atoms with van der Waals surface area (Å²) in [6.45, 7) is 0.485. The second kappa shape index (κ2) is 9.38. The minimum atomic E-state index is -0.446. The van der Waals surface area contributed by atoms with Crippen LogP contribution in [-0.4, -0.2) is 30.5 Å². The quantitative estimate of drug-likeness (QED) is 0.414. The van der Waals surface area contributed by atoms with Crippen molar-refractivity contribution in [1.29, 1.82) is 0 Å². The Balaban J connectivity index is 1.35. The molecule has 0 aliphatic rings. The van der Waals surface area contributed by atoms with Crippen molar-refractivity contribution < 1.29 is 9.53 Å². The maximum Gasteiger partial charge on any atom is 0.278 e. The van der Waals surface area contributed by atoms with Gasteiger partial charge in [-0.25, -0.2) is 14.3 Å². The van der Waals surface area contributed by atoms with Gasteiger partial charge in [0.1, 0.15) is 12.1 Å². The van der Waals surface area contributed by atoms with E-state index in [2.05, 4.69) is 20.5 Å². The molecule has 1 amide bonds. The molecular weight excluding hydrogens is 463 g/mol. The first-order valence-corrected chi connectivity index (χ1v) is 10.2. The number of hydrogen-bond acceptors (Lipinski definition) is 5. The van der Waals surface area contributed by atoms with E-state index in [-0.39, 0.29) is 18.4 Å². The highest BCUT2D eigenvalue weighted by molar-refractivity contribution is 6.35. The highest BCUT2D eigenvalue weighted by Gasteiger charge is 2.13. The Labute approximate surface area is 192 Å². The lowest BCUT2D eigenvalue weighted by Gasteiger charge is -2.07. The van der Waals surface area contributed by atoms with E-state index < -0.39 is 5.91 Å². The Bertz CT molecular complexity index is 1220. The number of hydrogen-bond donors (Lipinski definition) is 1. The third-order valence-electron chi connectivity index (χ3n) is 4.17. The van der Waals surface area contributed by atoms with Crippen molar-refractivity contribution in [1.82, 2.24) is 24.5 Å². The first-order valence-electron chi connectivity index (χ1n) is 9.03. The van der Waals surface area contributed by atoms with E-state index in [0.29, 0.717) is 27.4 Å². The number of anilines is 1. The Hall–Kier alpha value is -3.07. The van der Waals surface area contributed by atoms with Crippen LogP contribution in [0.25, 0.3) is 0 Å². The average molecular weight is 478 g/mol. The summed E-state index contributed by atoms with van der Waals surface area (Å²) in [5.74, 6) is 0.233. The molecule has 158 valence electrons. The SMILES string of the molecule is O=C(Nc1ncn(Cc2ccc(Cl)cc2Cl)n1)c1ccn(COc2ccccc2Cl)n1. The molecule has 11 heteroatoms. The molecule has 2 aromatic heterocycles. The van der Waals surface area contributed by atoms with Crippen LogP contribution in [-0.2, 0) is 13.3 Å². The van der Waals surface area contributed by atoms with Gasteiger partial charge in [-0.05, 0) is 35.9 Å². The molecular formula is C20H15Cl3N6O2. The van der Waals surface area contributed by atoms with Crippen LogP contribution in [0.15, 0.2) is 61.1 Å². The molecule has 0 saturated carbocycles. The lowest BCUT2D eigenvalue weighted by Crippen LogP contribution is -2.15. The predicted molar refractivity (Wildman–Crippen MR) is 118 cm³/mol. The van der Waals surface area contributed by atoms with Gasteiger partial charge in [-0.3, -0.25) is 10.1 Å².